The van der Waals surface area contributed by atoms with E-state index in [4.69, 9.17) is 9.47 Å². The second-order valence-electron chi connectivity index (χ2n) is 7.80. The van der Waals surface area contributed by atoms with Gasteiger partial charge in [0, 0.05) is 30.4 Å². The number of nitrogens with zero attached hydrogens (tertiary/aromatic N) is 3. The number of rotatable bonds is 10. The van der Waals surface area contributed by atoms with Crippen molar-refractivity contribution in [1.82, 2.24) is 14.9 Å². The van der Waals surface area contributed by atoms with Crippen LogP contribution in [0.2, 0.25) is 0 Å². The molecule has 1 aromatic carbocycles. The van der Waals surface area contributed by atoms with Crippen molar-refractivity contribution in [3.8, 4) is 11.6 Å². The second-order valence-corrected chi connectivity index (χ2v) is 7.80. The Hall–Kier alpha value is -3.41. The SMILES string of the molecule is COc1ccc(CCN(C(=O)c2cccc(C)n2)C(C)CCc2ccccc2)nc1OC. The summed E-state index contributed by atoms with van der Waals surface area (Å²) in [6.45, 7) is 4.53. The Kier molecular flexibility index (Phi) is 8.20. The molecule has 0 aliphatic carbocycles. The van der Waals surface area contributed by atoms with E-state index in [9.17, 15) is 4.79 Å². The number of carbonyl (C=O) groups excluding carboxylic acids is 1. The Morgan fingerprint density at radius 2 is 1.72 bits per heavy atom. The molecule has 0 radical (unpaired) electrons. The van der Waals surface area contributed by atoms with Crippen molar-refractivity contribution in [2.75, 3.05) is 20.8 Å². The molecular weight excluding hydrogens is 402 g/mol. The van der Waals surface area contributed by atoms with Crippen molar-refractivity contribution in [3.63, 3.8) is 0 Å². The lowest BCUT2D eigenvalue weighted by Gasteiger charge is -2.29. The largest absolute Gasteiger partial charge is 0.491 e. The molecule has 0 saturated carbocycles. The van der Waals surface area contributed by atoms with Crippen LogP contribution in [0, 0.1) is 6.92 Å². The van der Waals surface area contributed by atoms with Gasteiger partial charge in [-0.2, -0.15) is 0 Å². The number of methoxy groups -OCH3 is 2. The van der Waals surface area contributed by atoms with Gasteiger partial charge in [0.1, 0.15) is 5.69 Å². The summed E-state index contributed by atoms with van der Waals surface area (Å²) >= 11 is 0. The molecule has 6 heteroatoms. The summed E-state index contributed by atoms with van der Waals surface area (Å²) in [4.78, 5) is 24.3. The fourth-order valence-corrected chi connectivity index (χ4v) is 3.65. The standard InChI is InChI=1S/C26H31N3O3/c1-19-9-8-12-23(27-19)26(30)29(20(2)13-14-21-10-6-5-7-11-21)18-17-22-15-16-24(31-3)25(28-22)32-4/h5-12,15-16,20H,13-14,17-18H2,1-4H3. The minimum atomic E-state index is -0.0604. The van der Waals surface area contributed by atoms with E-state index in [-0.39, 0.29) is 11.9 Å². The van der Waals surface area contributed by atoms with E-state index in [1.807, 2.05) is 54.3 Å². The first-order valence-corrected chi connectivity index (χ1v) is 10.9. The molecule has 1 unspecified atom stereocenters. The number of hydrogen-bond donors (Lipinski definition) is 0. The average molecular weight is 434 g/mol. The topological polar surface area (TPSA) is 64.5 Å². The molecule has 32 heavy (non-hydrogen) atoms. The lowest BCUT2D eigenvalue weighted by atomic mass is 10.0. The van der Waals surface area contributed by atoms with Gasteiger partial charge in [-0.25, -0.2) is 9.97 Å². The molecule has 0 fully saturated rings. The Morgan fingerprint density at radius 3 is 2.41 bits per heavy atom. The monoisotopic (exact) mass is 433 g/mol. The zero-order valence-electron chi connectivity index (χ0n) is 19.2. The molecule has 0 aliphatic rings. The number of amides is 1. The maximum Gasteiger partial charge on any atom is 0.272 e. The number of pyridine rings is 2. The normalized spacial score (nSPS) is 11.6. The van der Waals surface area contributed by atoms with Gasteiger partial charge in [-0.3, -0.25) is 4.79 Å². The highest BCUT2D eigenvalue weighted by Crippen LogP contribution is 2.24. The van der Waals surface area contributed by atoms with Crippen LogP contribution in [0.15, 0.2) is 60.7 Å². The van der Waals surface area contributed by atoms with E-state index in [2.05, 4.69) is 29.0 Å². The first-order valence-electron chi connectivity index (χ1n) is 10.9. The van der Waals surface area contributed by atoms with Gasteiger partial charge in [0.05, 0.1) is 14.2 Å². The predicted octanol–water partition coefficient (Wildman–Crippen LogP) is 4.51. The molecule has 2 aromatic heterocycles. The number of hydrogen-bond acceptors (Lipinski definition) is 5. The summed E-state index contributed by atoms with van der Waals surface area (Å²) in [6.07, 6.45) is 2.37. The number of ether oxygens (including phenoxy) is 2. The smallest absolute Gasteiger partial charge is 0.272 e. The van der Waals surface area contributed by atoms with Crippen molar-refractivity contribution in [3.05, 3.63) is 83.3 Å². The third-order valence-corrected chi connectivity index (χ3v) is 5.50. The molecule has 0 bridgehead atoms. The molecule has 1 atom stereocenters. The Balaban J connectivity index is 1.77. The molecular formula is C26H31N3O3. The van der Waals surface area contributed by atoms with Crippen molar-refractivity contribution in [1.29, 1.82) is 0 Å². The van der Waals surface area contributed by atoms with Crippen LogP contribution in [0.5, 0.6) is 11.6 Å². The molecule has 0 spiro atoms. The van der Waals surface area contributed by atoms with Gasteiger partial charge >= 0.3 is 0 Å². The zero-order valence-corrected chi connectivity index (χ0v) is 19.2. The Morgan fingerprint density at radius 1 is 0.938 bits per heavy atom. The maximum atomic E-state index is 13.4. The Labute approximate surface area is 190 Å². The minimum absolute atomic E-state index is 0.0464. The van der Waals surface area contributed by atoms with Crippen LogP contribution in [-0.4, -0.2) is 47.6 Å². The van der Waals surface area contributed by atoms with Crippen LogP contribution < -0.4 is 9.47 Å². The first kappa shape index (κ1) is 23.3. The predicted molar refractivity (Wildman–Crippen MR) is 125 cm³/mol. The molecule has 6 nitrogen and oxygen atoms in total. The minimum Gasteiger partial charge on any atom is -0.491 e. The Bertz CT molecular complexity index is 1020. The second kappa shape index (κ2) is 11.3. The summed E-state index contributed by atoms with van der Waals surface area (Å²) in [5.74, 6) is 0.972. The van der Waals surface area contributed by atoms with E-state index in [0.717, 1.165) is 24.2 Å². The van der Waals surface area contributed by atoms with E-state index in [0.29, 0.717) is 30.3 Å². The van der Waals surface area contributed by atoms with Crippen molar-refractivity contribution >= 4 is 5.91 Å². The molecule has 3 aromatic rings. The van der Waals surface area contributed by atoms with Gasteiger partial charge in [0.25, 0.3) is 11.8 Å². The molecule has 1 amide bonds. The molecule has 168 valence electrons. The third kappa shape index (κ3) is 6.06. The molecule has 0 N–H and O–H groups in total. The van der Waals surface area contributed by atoms with Crippen LogP contribution in [0.1, 0.15) is 40.8 Å². The van der Waals surface area contributed by atoms with Gasteiger partial charge in [-0.1, -0.05) is 36.4 Å². The fourth-order valence-electron chi connectivity index (χ4n) is 3.65. The van der Waals surface area contributed by atoms with Gasteiger partial charge in [-0.15, -0.1) is 0 Å². The fraction of sp³-hybridized carbons (Fsp3) is 0.346. The lowest BCUT2D eigenvalue weighted by Crippen LogP contribution is -2.41. The molecule has 0 saturated heterocycles. The van der Waals surface area contributed by atoms with Gasteiger partial charge in [-0.05, 0) is 56.5 Å². The lowest BCUT2D eigenvalue weighted by molar-refractivity contribution is 0.0680. The van der Waals surface area contributed by atoms with Gasteiger partial charge in [0.2, 0.25) is 0 Å². The number of aryl methyl sites for hydroxylation is 2. The summed E-state index contributed by atoms with van der Waals surface area (Å²) < 4.78 is 10.6. The van der Waals surface area contributed by atoms with Crippen LogP contribution in [0.3, 0.4) is 0 Å². The zero-order chi connectivity index (χ0) is 22.9. The highest BCUT2D eigenvalue weighted by molar-refractivity contribution is 5.92. The van der Waals surface area contributed by atoms with Crippen molar-refractivity contribution in [2.45, 2.75) is 39.2 Å². The number of benzene rings is 1. The summed E-state index contributed by atoms with van der Waals surface area (Å²) in [5, 5.41) is 0. The van der Waals surface area contributed by atoms with Crippen LogP contribution in [0.4, 0.5) is 0 Å². The summed E-state index contributed by atoms with van der Waals surface area (Å²) in [7, 11) is 3.16. The summed E-state index contributed by atoms with van der Waals surface area (Å²) in [6, 6.07) is 19.7. The van der Waals surface area contributed by atoms with E-state index in [1.54, 1.807) is 20.3 Å². The van der Waals surface area contributed by atoms with Crippen LogP contribution in [-0.2, 0) is 12.8 Å². The van der Waals surface area contributed by atoms with Crippen molar-refractivity contribution in [2.24, 2.45) is 0 Å². The highest BCUT2D eigenvalue weighted by atomic mass is 16.5. The number of carbonyl (C=O) groups is 1. The maximum absolute atomic E-state index is 13.4. The molecule has 3 rings (SSSR count). The summed E-state index contributed by atoms with van der Waals surface area (Å²) in [5.41, 5.74) is 3.40. The molecule has 2 heterocycles. The quantitative estimate of drug-likeness (QED) is 0.471. The van der Waals surface area contributed by atoms with Crippen molar-refractivity contribution < 1.29 is 14.3 Å². The van der Waals surface area contributed by atoms with Crippen LogP contribution in [0.25, 0.3) is 0 Å². The molecule has 0 aliphatic heterocycles. The van der Waals surface area contributed by atoms with Crippen LogP contribution >= 0.6 is 0 Å². The highest BCUT2D eigenvalue weighted by Gasteiger charge is 2.23. The third-order valence-electron chi connectivity index (χ3n) is 5.50. The van der Waals surface area contributed by atoms with Gasteiger partial charge in [0.15, 0.2) is 5.75 Å². The van der Waals surface area contributed by atoms with E-state index < -0.39 is 0 Å². The first-order chi connectivity index (χ1) is 15.5. The number of aromatic nitrogens is 2. The van der Waals surface area contributed by atoms with E-state index in [1.165, 1.54) is 5.56 Å². The van der Waals surface area contributed by atoms with E-state index >= 15 is 0 Å². The average Bonchev–Trinajstić information content (AvgIpc) is 2.83. The van der Waals surface area contributed by atoms with Gasteiger partial charge < -0.3 is 14.4 Å².